The molecule has 0 saturated carbocycles. The molecule has 0 radical (unpaired) electrons. The number of hydrogen-bond acceptors (Lipinski definition) is 5. The monoisotopic (exact) mass is 293 g/mol. The van der Waals surface area contributed by atoms with E-state index in [-0.39, 0.29) is 6.10 Å². The molecule has 1 heterocycles. The minimum Gasteiger partial charge on any atom is -0.494 e. The van der Waals surface area contributed by atoms with Crippen LogP contribution in [0.25, 0.3) is 0 Å². The Kier molecular flexibility index (Phi) is 5.85. The van der Waals surface area contributed by atoms with E-state index in [2.05, 4.69) is 34.9 Å². The largest absolute Gasteiger partial charge is 0.494 e. The lowest BCUT2D eigenvalue weighted by Gasteiger charge is -2.37. The van der Waals surface area contributed by atoms with Crippen LogP contribution < -0.4 is 15.4 Å². The maximum Gasteiger partial charge on any atom is 0.145 e. The Morgan fingerprint density at radius 1 is 1.29 bits per heavy atom. The van der Waals surface area contributed by atoms with Crippen molar-refractivity contribution in [3.05, 3.63) is 23.8 Å². The maximum absolute atomic E-state index is 9.85. The van der Waals surface area contributed by atoms with Gasteiger partial charge in [0, 0.05) is 32.7 Å². The number of aliphatic hydroxyl groups is 1. The number of anilines is 1. The zero-order valence-corrected chi connectivity index (χ0v) is 13.1. The van der Waals surface area contributed by atoms with Gasteiger partial charge in [0.2, 0.25) is 0 Å². The summed E-state index contributed by atoms with van der Waals surface area (Å²) in [5.74, 6) is 0.967. The first-order valence-corrected chi connectivity index (χ1v) is 7.64. The molecule has 2 rings (SSSR count). The molecule has 3 N–H and O–H groups in total. The van der Waals surface area contributed by atoms with Gasteiger partial charge in [-0.2, -0.15) is 0 Å². The molecule has 118 valence electrons. The predicted molar refractivity (Wildman–Crippen MR) is 86.1 cm³/mol. The van der Waals surface area contributed by atoms with E-state index < -0.39 is 0 Å². The number of aliphatic hydroxyl groups excluding tert-OH is 1. The van der Waals surface area contributed by atoms with E-state index in [0.717, 1.165) is 44.0 Å². The van der Waals surface area contributed by atoms with Crippen molar-refractivity contribution in [1.29, 1.82) is 0 Å². The smallest absolute Gasteiger partial charge is 0.145 e. The molecule has 0 bridgehead atoms. The van der Waals surface area contributed by atoms with Gasteiger partial charge in [0.25, 0.3) is 0 Å². The lowest BCUT2D eigenvalue weighted by atomic mass is 10.1. The van der Waals surface area contributed by atoms with E-state index in [9.17, 15) is 5.11 Å². The second kappa shape index (κ2) is 7.64. The molecule has 0 spiro atoms. The molecule has 5 nitrogen and oxygen atoms in total. The average molecular weight is 293 g/mol. The normalized spacial score (nSPS) is 17.8. The minimum absolute atomic E-state index is 0.310. The van der Waals surface area contributed by atoms with Crippen LogP contribution in [0, 0.1) is 6.92 Å². The summed E-state index contributed by atoms with van der Waals surface area (Å²) < 4.78 is 5.54. The summed E-state index contributed by atoms with van der Waals surface area (Å²) in [6, 6.07) is 6.26. The van der Waals surface area contributed by atoms with Gasteiger partial charge in [-0.05, 0) is 31.5 Å². The van der Waals surface area contributed by atoms with Gasteiger partial charge in [0.15, 0.2) is 0 Å². The van der Waals surface area contributed by atoms with Crippen LogP contribution in [0.3, 0.4) is 0 Å². The standard InChI is InChI=1S/C16H27N3O2/c1-13-4-3-5-15(16(13)21-2)19-10-8-18(9-11-19)12-14(20)6-7-17/h3-5,14,20H,6-12,17H2,1-2H3/t14-/m1/s1. The predicted octanol–water partition coefficient (Wildman–Crippen LogP) is 0.835. The highest BCUT2D eigenvalue weighted by molar-refractivity contribution is 5.62. The van der Waals surface area contributed by atoms with E-state index in [1.807, 2.05) is 0 Å². The molecule has 0 amide bonds. The first kappa shape index (κ1) is 16.1. The second-order valence-corrected chi connectivity index (χ2v) is 5.65. The zero-order chi connectivity index (χ0) is 15.2. The molecule has 0 aromatic heterocycles. The summed E-state index contributed by atoms with van der Waals surface area (Å²) in [5.41, 5.74) is 7.81. The zero-order valence-electron chi connectivity index (χ0n) is 13.1. The molecule has 5 heteroatoms. The third kappa shape index (κ3) is 4.09. The Balaban J connectivity index is 1.94. The topological polar surface area (TPSA) is 62.0 Å². The van der Waals surface area contributed by atoms with Crippen LogP contribution in [0.1, 0.15) is 12.0 Å². The van der Waals surface area contributed by atoms with E-state index in [4.69, 9.17) is 10.5 Å². The van der Waals surface area contributed by atoms with Gasteiger partial charge in [-0.3, -0.25) is 4.90 Å². The van der Waals surface area contributed by atoms with Crippen molar-refractivity contribution in [1.82, 2.24) is 4.90 Å². The number of nitrogens with two attached hydrogens (primary N) is 1. The molecular weight excluding hydrogens is 266 g/mol. The number of para-hydroxylation sites is 1. The summed E-state index contributed by atoms with van der Waals surface area (Å²) in [4.78, 5) is 4.66. The molecular formula is C16H27N3O2. The first-order valence-electron chi connectivity index (χ1n) is 7.64. The van der Waals surface area contributed by atoms with E-state index in [1.165, 1.54) is 5.69 Å². The van der Waals surface area contributed by atoms with Crippen LogP contribution >= 0.6 is 0 Å². The van der Waals surface area contributed by atoms with Crippen LogP contribution in [0.15, 0.2) is 18.2 Å². The number of β-amino-alcohol motifs (C(OH)–C–C–N with tert-alkyl or cyclic N) is 1. The quantitative estimate of drug-likeness (QED) is 0.814. The summed E-state index contributed by atoms with van der Waals surface area (Å²) in [7, 11) is 1.73. The molecule has 0 aliphatic carbocycles. The van der Waals surface area contributed by atoms with Gasteiger partial charge in [-0.25, -0.2) is 0 Å². The summed E-state index contributed by atoms with van der Waals surface area (Å²) in [5, 5.41) is 9.85. The lowest BCUT2D eigenvalue weighted by molar-refractivity contribution is 0.104. The number of methoxy groups -OCH3 is 1. The number of ether oxygens (including phenoxy) is 1. The fourth-order valence-corrected chi connectivity index (χ4v) is 2.90. The van der Waals surface area contributed by atoms with E-state index in [0.29, 0.717) is 13.0 Å². The number of benzene rings is 1. The Morgan fingerprint density at radius 2 is 2.00 bits per heavy atom. The number of nitrogens with zero attached hydrogens (tertiary/aromatic N) is 2. The van der Waals surface area contributed by atoms with Gasteiger partial charge in [-0.1, -0.05) is 12.1 Å². The highest BCUT2D eigenvalue weighted by Gasteiger charge is 2.21. The molecule has 1 fully saturated rings. The van der Waals surface area contributed by atoms with E-state index in [1.54, 1.807) is 7.11 Å². The Bertz CT molecular complexity index is 445. The average Bonchev–Trinajstić information content (AvgIpc) is 2.48. The minimum atomic E-state index is -0.310. The second-order valence-electron chi connectivity index (χ2n) is 5.65. The Morgan fingerprint density at radius 3 is 2.62 bits per heavy atom. The van der Waals surface area contributed by atoms with Crippen LogP contribution in [0.2, 0.25) is 0 Å². The van der Waals surface area contributed by atoms with Crippen molar-refractivity contribution in [2.75, 3.05) is 51.3 Å². The third-order valence-electron chi connectivity index (χ3n) is 4.08. The van der Waals surface area contributed by atoms with Crippen molar-refractivity contribution in [3.8, 4) is 5.75 Å². The number of hydrogen-bond donors (Lipinski definition) is 2. The molecule has 1 aliphatic rings. The van der Waals surface area contributed by atoms with Gasteiger partial charge in [-0.15, -0.1) is 0 Å². The van der Waals surface area contributed by atoms with Crippen molar-refractivity contribution in [3.63, 3.8) is 0 Å². The summed E-state index contributed by atoms with van der Waals surface area (Å²) >= 11 is 0. The fourth-order valence-electron chi connectivity index (χ4n) is 2.90. The van der Waals surface area contributed by atoms with Crippen molar-refractivity contribution >= 4 is 5.69 Å². The van der Waals surface area contributed by atoms with Crippen LogP contribution in [0.4, 0.5) is 5.69 Å². The number of aryl methyl sites for hydroxylation is 1. The van der Waals surface area contributed by atoms with Crippen molar-refractivity contribution in [2.24, 2.45) is 5.73 Å². The summed E-state index contributed by atoms with van der Waals surface area (Å²) in [6.45, 7) is 7.15. The first-order chi connectivity index (χ1) is 10.2. The molecule has 21 heavy (non-hydrogen) atoms. The fraction of sp³-hybridized carbons (Fsp3) is 0.625. The summed E-state index contributed by atoms with van der Waals surface area (Å²) in [6.07, 6.45) is 0.362. The van der Waals surface area contributed by atoms with Gasteiger partial charge in [0.1, 0.15) is 5.75 Å². The molecule has 1 aromatic rings. The van der Waals surface area contributed by atoms with E-state index >= 15 is 0 Å². The molecule has 1 aromatic carbocycles. The van der Waals surface area contributed by atoms with Gasteiger partial charge in [0.05, 0.1) is 18.9 Å². The molecule has 1 aliphatic heterocycles. The number of piperazine rings is 1. The highest BCUT2D eigenvalue weighted by atomic mass is 16.5. The maximum atomic E-state index is 9.85. The SMILES string of the molecule is COc1c(C)cccc1N1CCN(C[C@H](O)CCN)CC1. The van der Waals surface area contributed by atoms with Crippen LogP contribution in [0.5, 0.6) is 5.75 Å². The van der Waals surface area contributed by atoms with Gasteiger partial charge >= 0.3 is 0 Å². The van der Waals surface area contributed by atoms with Crippen molar-refractivity contribution in [2.45, 2.75) is 19.4 Å². The van der Waals surface area contributed by atoms with Gasteiger partial charge < -0.3 is 20.5 Å². The lowest BCUT2D eigenvalue weighted by Crippen LogP contribution is -2.48. The van der Waals surface area contributed by atoms with Crippen LogP contribution in [-0.4, -0.2) is 62.5 Å². The Labute approximate surface area is 127 Å². The Hall–Kier alpha value is -1.30. The number of rotatable bonds is 6. The molecule has 1 saturated heterocycles. The molecule has 0 unspecified atom stereocenters. The van der Waals surface area contributed by atoms with Crippen molar-refractivity contribution < 1.29 is 9.84 Å². The van der Waals surface area contributed by atoms with Crippen LogP contribution in [-0.2, 0) is 0 Å². The third-order valence-corrected chi connectivity index (χ3v) is 4.08. The molecule has 1 atom stereocenters. The highest BCUT2D eigenvalue weighted by Crippen LogP contribution is 2.31.